The Morgan fingerprint density at radius 3 is 1.68 bits per heavy atom. The Hall–Kier alpha value is -6.52. The van der Waals surface area contributed by atoms with Crippen LogP contribution in [0.1, 0.15) is 150 Å². The standard InChI is InChI=1S/C43H59NO10.C36H59NO10/c1-30(24-20-16-12-8-5-6-11-15-19-23-27-37(48)44-38-35(46)28-29-36(38)47)39(49)32(3)34(45)26-22-18-14-10-7-9-13-17-21-25-31(2)53-43-42(52)41(51)40(50)33(4)54-43;1-25(2)36(47)23-35(46)22-34(45)20-30(41)14-7-13-29(40)19-33(44)21-32(43)18-28(39)12-6-11-27(38)17-31(42)15-8-16-37-24-26-9-4-3-5-10-26/h5-11,13-15,17-24,26-27,30-34,39-43,45-46,49-52H,12,16,25,28-29H2,1-4H3,(H,44,48);3-7,9-10,12,14,24-25,27-35,38-46H,8,11,13,15-23H2,1-2H3/b8-5+,10-7+,11-6+,13-9+,18-14+,19-15+,21-17+,24-20+,26-22+,27-23+;12-6+,14-7+,37-24?. The summed E-state index contributed by atoms with van der Waals surface area (Å²) in [5.74, 6) is -1.62. The number of allylic oxidation sites excluding steroid dienone is 18. The van der Waals surface area contributed by atoms with Gasteiger partial charge in [-0.05, 0) is 90.0 Å². The molecular formula is C79H118N2O20. The van der Waals surface area contributed by atoms with Crippen molar-refractivity contribution >= 4 is 23.7 Å². The molecule has 1 aromatic rings. The summed E-state index contributed by atoms with van der Waals surface area (Å²) in [5, 5.41) is 154. The molecule has 1 aliphatic heterocycles. The van der Waals surface area contributed by atoms with Crippen molar-refractivity contribution in [3.8, 4) is 0 Å². The summed E-state index contributed by atoms with van der Waals surface area (Å²) >= 11 is 0. The average Bonchev–Trinajstić information content (AvgIpc) is 1.67. The topological polar surface area (TPSA) is 398 Å². The Kier molecular flexibility index (Phi) is 47.8. The van der Waals surface area contributed by atoms with E-state index in [0.29, 0.717) is 25.8 Å². The molecule has 16 N–H and O–H groups in total. The predicted molar refractivity (Wildman–Crippen MR) is 392 cm³/mol. The SMILES string of the molecule is CC(C)C(=O)CC(O)CC(O)CC(O)/C=C/CC(O)CC(O)CC(O)CC(O)/C=C/CC(O)CC(O)CCCN=Cc1ccccc1.CC(C/C=C/C=C/C=C/C=C/C=C/C(O)C(C)C(O)C(C)/C=C/CC/C=C/C=C/C=C/C=C/C(=O)NC1=C(O)CCC1=O)OC1OC(C)C(O)C(O)C1O. The van der Waals surface area contributed by atoms with E-state index in [4.69, 9.17) is 9.47 Å². The maximum atomic E-state index is 11.8. The van der Waals surface area contributed by atoms with E-state index in [0.717, 1.165) is 18.4 Å². The molecule has 101 heavy (non-hydrogen) atoms. The number of Topliss-reactive ketones (excluding diaryl/α,β-unsaturated/α-hetero) is 2. The number of rotatable bonds is 47. The second-order valence-corrected chi connectivity index (χ2v) is 26.2. The van der Waals surface area contributed by atoms with E-state index in [2.05, 4.69) is 10.3 Å². The van der Waals surface area contributed by atoms with E-state index >= 15 is 0 Å². The minimum atomic E-state index is -1.32. The minimum Gasteiger partial charge on any atom is -0.510 e. The third-order valence-corrected chi connectivity index (χ3v) is 16.4. The van der Waals surface area contributed by atoms with E-state index < -0.39 is 104 Å². The number of benzene rings is 1. The molecule has 22 heteroatoms. The molecule has 3 rings (SSSR count). The molecule has 19 unspecified atom stereocenters. The number of nitrogens with one attached hydrogen (secondary N) is 1. The Morgan fingerprint density at radius 1 is 0.574 bits per heavy atom. The van der Waals surface area contributed by atoms with Gasteiger partial charge in [0, 0.05) is 68.7 Å². The first-order valence-electron chi connectivity index (χ1n) is 35.3. The highest BCUT2D eigenvalue weighted by atomic mass is 16.7. The lowest BCUT2D eigenvalue weighted by atomic mass is 9.88. The zero-order chi connectivity index (χ0) is 75.1. The zero-order valence-electron chi connectivity index (χ0n) is 59.6. The second-order valence-electron chi connectivity index (χ2n) is 26.2. The van der Waals surface area contributed by atoms with Gasteiger partial charge in [-0.2, -0.15) is 0 Å². The van der Waals surface area contributed by atoms with Crippen LogP contribution < -0.4 is 5.32 Å². The quantitative estimate of drug-likeness (QED) is 0.0101. The number of aliphatic hydroxyl groups is 15. The molecule has 1 saturated heterocycles. The number of amides is 1. The van der Waals surface area contributed by atoms with Crippen molar-refractivity contribution in [2.45, 2.75) is 248 Å². The number of aliphatic imine (C=N–C) groups is 1. The third kappa shape index (κ3) is 42.6. The van der Waals surface area contributed by atoms with Crippen molar-refractivity contribution in [2.24, 2.45) is 22.7 Å². The lowest BCUT2D eigenvalue weighted by Gasteiger charge is -2.39. The molecule has 0 aromatic heterocycles. The smallest absolute Gasteiger partial charge is 0.248 e. The Morgan fingerprint density at radius 2 is 1.10 bits per heavy atom. The number of carbonyl (C=O) groups is 3. The van der Waals surface area contributed by atoms with Gasteiger partial charge >= 0.3 is 0 Å². The summed E-state index contributed by atoms with van der Waals surface area (Å²) in [7, 11) is 0. The lowest BCUT2D eigenvalue weighted by Crippen LogP contribution is -2.57. The van der Waals surface area contributed by atoms with Crippen molar-refractivity contribution in [1.29, 1.82) is 0 Å². The molecule has 19 atom stereocenters. The highest BCUT2D eigenvalue weighted by molar-refractivity contribution is 6.03. The minimum absolute atomic E-state index is 0.0185. The van der Waals surface area contributed by atoms with Gasteiger partial charge in [-0.3, -0.25) is 19.4 Å². The largest absolute Gasteiger partial charge is 0.510 e. The molecule has 1 aromatic carbocycles. The van der Waals surface area contributed by atoms with E-state index in [1.165, 1.54) is 24.3 Å². The first-order valence-corrected chi connectivity index (χ1v) is 35.3. The van der Waals surface area contributed by atoms with Crippen LogP contribution >= 0.6 is 0 Å². The second kappa shape index (κ2) is 53.3. The highest BCUT2D eigenvalue weighted by Gasteiger charge is 2.43. The fraction of sp³-hybridized carbons (Fsp3) is 0.544. The molecule has 2 aliphatic rings. The van der Waals surface area contributed by atoms with Gasteiger partial charge in [0.1, 0.15) is 35.6 Å². The van der Waals surface area contributed by atoms with Gasteiger partial charge in [0.05, 0.1) is 79.4 Å². The maximum Gasteiger partial charge on any atom is 0.248 e. The van der Waals surface area contributed by atoms with Crippen molar-refractivity contribution < 1.29 is 100 Å². The summed E-state index contributed by atoms with van der Waals surface area (Å²) in [4.78, 5) is 39.5. The van der Waals surface area contributed by atoms with Crippen molar-refractivity contribution in [2.75, 3.05) is 6.54 Å². The summed E-state index contributed by atoms with van der Waals surface area (Å²) in [6.07, 6.45) is 32.3. The summed E-state index contributed by atoms with van der Waals surface area (Å²) < 4.78 is 11.1. The fourth-order valence-corrected chi connectivity index (χ4v) is 10.4. The lowest BCUT2D eigenvalue weighted by molar-refractivity contribution is -0.302. The molecule has 22 nitrogen and oxygen atoms in total. The number of hydrogen-bond acceptors (Lipinski definition) is 21. The summed E-state index contributed by atoms with van der Waals surface area (Å²) in [6, 6.07) is 9.73. The Balaban J connectivity index is 0.000000694. The van der Waals surface area contributed by atoms with Crippen LogP contribution in [-0.4, -0.2) is 211 Å². The molecule has 564 valence electrons. The van der Waals surface area contributed by atoms with Crippen LogP contribution in [0.25, 0.3) is 0 Å². The van der Waals surface area contributed by atoms with Crippen LogP contribution in [0.15, 0.2) is 193 Å². The van der Waals surface area contributed by atoms with Gasteiger partial charge in [0.2, 0.25) is 5.91 Å². The first kappa shape index (κ1) is 90.6. The summed E-state index contributed by atoms with van der Waals surface area (Å²) in [5.41, 5.74) is 0.996. The van der Waals surface area contributed by atoms with Crippen LogP contribution in [0.4, 0.5) is 0 Å². The predicted octanol–water partition coefficient (Wildman–Crippen LogP) is 7.18. The molecule has 1 amide bonds. The number of ether oxygens (including phenoxy) is 2. The zero-order valence-corrected chi connectivity index (χ0v) is 59.6. The first-order chi connectivity index (χ1) is 48.1. The maximum absolute atomic E-state index is 11.8. The van der Waals surface area contributed by atoms with Crippen LogP contribution in [0, 0.1) is 17.8 Å². The van der Waals surface area contributed by atoms with E-state index in [-0.39, 0.29) is 118 Å². The molecule has 1 fully saturated rings. The van der Waals surface area contributed by atoms with Gasteiger partial charge in [-0.1, -0.05) is 198 Å². The third-order valence-electron chi connectivity index (χ3n) is 16.4. The molecule has 1 heterocycles. The van der Waals surface area contributed by atoms with Crippen molar-refractivity contribution in [1.82, 2.24) is 5.32 Å². The highest BCUT2D eigenvalue weighted by Crippen LogP contribution is 2.25. The molecular weight excluding hydrogens is 1300 g/mol. The fourth-order valence-electron chi connectivity index (χ4n) is 10.4. The van der Waals surface area contributed by atoms with Crippen molar-refractivity contribution in [3.63, 3.8) is 0 Å². The number of nitrogens with zero attached hydrogens (tertiary/aromatic N) is 1. The molecule has 0 radical (unpaired) electrons. The Bertz CT molecular complexity index is 2910. The van der Waals surface area contributed by atoms with Gasteiger partial charge in [-0.15, -0.1) is 0 Å². The van der Waals surface area contributed by atoms with E-state index in [1.54, 1.807) is 69.5 Å². The van der Waals surface area contributed by atoms with Crippen LogP contribution in [0.3, 0.4) is 0 Å². The van der Waals surface area contributed by atoms with Crippen molar-refractivity contribution in [3.05, 3.63) is 193 Å². The monoisotopic (exact) mass is 1410 g/mol. The summed E-state index contributed by atoms with van der Waals surface area (Å²) in [6.45, 7) is 11.2. The number of unbranched alkanes of at least 4 members (excludes halogenated alkanes) is 1. The van der Waals surface area contributed by atoms with Gasteiger partial charge < -0.3 is 91.4 Å². The van der Waals surface area contributed by atoms with Gasteiger partial charge in [-0.25, -0.2) is 0 Å². The normalized spacial score (nSPS) is 22.6. The van der Waals surface area contributed by atoms with Crippen LogP contribution in [-0.2, 0) is 23.9 Å². The average molecular weight is 1420 g/mol. The Labute approximate surface area is 597 Å². The van der Waals surface area contributed by atoms with E-state index in [1.807, 2.05) is 130 Å². The molecule has 1 aliphatic carbocycles. The molecule has 0 saturated carbocycles. The molecule has 0 spiro atoms. The van der Waals surface area contributed by atoms with Gasteiger partial charge in [0.25, 0.3) is 0 Å². The number of carbonyl (C=O) groups excluding carboxylic acids is 3. The van der Waals surface area contributed by atoms with Crippen LogP contribution in [0.2, 0.25) is 0 Å². The van der Waals surface area contributed by atoms with Crippen LogP contribution in [0.5, 0.6) is 0 Å². The van der Waals surface area contributed by atoms with E-state index in [9.17, 15) is 91.0 Å². The number of ketones is 2. The number of hydrogen-bond donors (Lipinski definition) is 16. The molecule has 0 bridgehead atoms. The van der Waals surface area contributed by atoms with Gasteiger partial charge in [0.15, 0.2) is 12.1 Å². The number of aliphatic hydroxyl groups excluding tert-OH is 15.